The van der Waals surface area contributed by atoms with Crippen LogP contribution < -0.4 is 0 Å². The zero-order valence-electron chi connectivity index (χ0n) is 15.2. The third kappa shape index (κ3) is 4.12. The van der Waals surface area contributed by atoms with Gasteiger partial charge in [0, 0.05) is 24.0 Å². The number of amides is 1. The maximum atomic E-state index is 12.5. The van der Waals surface area contributed by atoms with Crippen LogP contribution >= 0.6 is 11.8 Å². The lowest BCUT2D eigenvalue weighted by Crippen LogP contribution is -2.41. The molecule has 0 N–H and O–H groups in total. The molecule has 0 atom stereocenters. The lowest BCUT2D eigenvalue weighted by molar-refractivity contribution is -0.132. The predicted octanol–water partition coefficient (Wildman–Crippen LogP) is 3.56. The van der Waals surface area contributed by atoms with Gasteiger partial charge in [0.15, 0.2) is 5.82 Å². The number of rotatable bonds is 4. The van der Waals surface area contributed by atoms with Crippen molar-refractivity contribution >= 4 is 28.6 Å². The van der Waals surface area contributed by atoms with E-state index >= 15 is 0 Å². The monoisotopic (exact) mass is 379 g/mol. The second-order valence-electron chi connectivity index (χ2n) is 6.52. The number of aryl methyl sites for hydroxylation is 1. The standard InChI is InChI=1S/C21H21N3O2S/c1-15-6-8-16(9-7-15)20-22-18-5-3-2-4-17(18)21(23-20)27-14-19(25)24-10-12-26-13-11-24/h2-9H,10-14H2,1H3. The number of aromatic nitrogens is 2. The molecule has 1 fully saturated rings. The molecule has 27 heavy (non-hydrogen) atoms. The summed E-state index contributed by atoms with van der Waals surface area (Å²) in [6.07, 6.45) is 0. The number of morpholine rings is 1. The molecule has 1 aromatic heterocycles. The molecule has 1 saturated heterocycles. The van der Waals surface area contributed by atoms with Crippen molar-refractivity contribution < 1.29 is 9.53 Å². The van der Waals surface area contributed by atoms with Gasteiger partial charge in [0.2, 0.25) is 5.91 Å². The number of carbonyl (C=O) groups excluding carboxylic acids is 1. The van der Waals surface area contributed by atoms with E-state index in [0.717, 1.165) is 21.5 Å². The molecule has 2 heterocycles. The van der Waals surface area contributed by atoms with E-state index in [1.54, 1.807) is 0 Å². The molecule has 0 bridgehead atoms. The SMILES string of the molecule is Cc1ccc(-c2nc(SCC(=O)N3CCOCC3)c3ccccc3n2)cc1. The smallest absolute Gasteiger partial charge is 0.233 e. The van der Waals surface area contributed by atoms with Crippen molar-refractivity contribution in [2.75, 3.05) is 32.1 Å². The average molecular weight is 379 g/mol. The van der Waals surface area contributed by atoms with Crippen LogP contribution in [0.5, 0.6) is 0 Å². The van der Waals surface area contributed by atoms with E-state index in [1.807, 2.05) is 41.3 Å². The molecule has 138 valence electrons. The second-order valence-corrected chi connectivity index (χ2v) is 7.48. The van der Waals surface area contributed by atoms with E-state index < -0.39 is 0 Å². The van der Waals surface area contributed by atoms with Gasteiger partial charge in [0.05, 0.1) is 24.5 Å². The Labute approximate surface area is 162 Å². The number of para-hydroxylation sites is 1. The predicted molar refractivity (Wildman–Crippen MR) is 108 cm³/mol. The highest BCUT2D eigenvalue weighted by atomic mass is 32.2. The quantitative estimate of drug-likeness (QED) is 0.512. The van der Waals surface area contributed by atoms with Crippen molar-refractivity contribution in [1.82, 2.24) is 14.9 Å². The molecule has 4 rings (SSSR count). The third-order valence-electron chi connectivity index (χ3n) is 4.57. The molecular formula is C21H21N3O2S. The molecule has 1 aliphatic heterocycles. The van der Waals surface area contributed by atoms with Crippen LogP contribution in [0.1, 0.15) is 5.56 Å². The van der Waals surface area contributed by atoms with Crippen LogP contribution in [0.3, 0.4) is 0 Å². The van der Waals surface area contributed by atoms with Crippen molar-refractivity contribution in [3.05, 3.63) is 54.1 Å². The fourth-order valence-corrected chi connectivity index (χ4v) is 3.95. The number of hydrogen-bond acceptors (Lipinski definition) is 5. The normalized spacial score (nSPS) is 14.5. The first-order valence-corrected chi connectivity index (χ1v) is 10.0. The fraction of sp³-hybridized carbons (Fsp3) is 0.286. The van der Waals surface area contributed by atoms with Crippen LogP contribution in [0.2, 0.25) is 0 Å². The maximum Gasteiger partial charge on any atom is 0.233 e. The highest BCUT2D eigenvalue weighted by Gasteiger charge is 2.18. The average Bonchev–Trinajstić information content (AvgIpc) is 2.72. The van der Waals surface area contributed by atoms with E-state index in [2.05, 4.69) is 19.1 Å². The molecule has 0 unspecified atom stereocenters. The van der Waals surface area contributed by atoms with Crippen LogP contribution in [0.25, 0.3) is 22.3 Å². The second kappa shape index (κ2) is 8.06. The Morgan fingerprint density at radius 3 is 2.59 bits per heavy atom. The molecule has 0 aliphatic carbocycles. The summed E-state index contributed by atoms with van der Waals surface area (Å²) in [5.41, 5.74) is 3.07. The van der Waals surface area contributed by atoms with Gasteiger partial charge in [-0.2, -0.15) is 0 Å². The molecule has 1 amide bonds. The van der Waals surface area contributed by atoms with Gasteiger partial charge in [0.1, 0.15) is 5.03 Å². The summed E-state index contributed by atoms with van der Waals surface area (Å²) in [6.45, 7) is 4.62. The highest BCUT2D eigenvalue weighted by Crippen LogP contribution is 2.28. The Bertz CT molecular complexity index is 953. The molecule has 1 aliphatic rings. The highest BCUT2D eigenvalue weighted by molar-refractivity contribution is 8.00. The van der Waals surface area contributed by atoms with Crippen molar-refractivity contribution in [2.45, 2.75) is 11.9 Å². The maximum absolute atomic E-state index is 12.5. The van der Waals surface area contributed by atoms with Crippen LogP contribution in [0.15, 0.2) is 53.6 Å². The van der Waals surface area contributed by atoms with E-state index in [4.69, 9.17) is 14.7 Å². The van der Waals surface area contributed by atoms with Gasteiger partial charge < -0.3 is 9.64 Å². The minimum Gasteiger partial charge on any atom is -0.378 e. The van der Waals surface area contributed by atoms with Crippen LogP contribution in [0, 0.1) is 6.92 Å². The number of ether oxygens (including phenoxy) is 1. The number of fused-ring (bicyclic) bond motifs is 1. The summed E-state index contributed by atoms with van der Waals surface area (Å²) in [5.74, 6) is 1.19. The molecule has 2 aromatic carbocycles. The molecule has 0 radical (unpaired) electrons. The van der Waals surface area contributed by atoms with Crippen molar-refractivity contribution in [3.63, 3.8) is 0 Å². The lowest BCUT2D eigenvalue weighted by atomic mass is 10.1. The van der Waals surface area contributed by atoms with Crippen LogP contribution in [-0.4, -0.2) is 52.8 Å². The summed E-state index contributed by atoms with van der Waals surface area (Å²) in [6, 6.07) is 16.1. The van der Waals surface area contributed by atoms with E-state index in [9.17, 15) is 4.79 Å². The summed E-state index contributed by atoms with van der Waals surface area (Å²) < 4.78 is 5.32. The van der Waals surface area contributed by atoms with Crippen molar-refractivity contribution in [1.29, 1.82) is 0 Å². The molecule has 3 aromatic rings. The van der Waals surface area contributed by atoms with E-state index in [0.29, 0.717) is 37.9 Å². The summed E-state index contributed by atoms with van der Waals surface area (Å²) in [5, 5.41) is 1.82. The third-order valence-corrected chi connectivity index (χ3v) is 5.55. The van der Waals surface area contributed by atoms with Gasteiger partial charge >= 0.3 is 0 Å². The largest absolute Gasteiger partial charge is 0.378 e. The number of thioether (sulfide) groups is 1. The van der Waals surface area contributed by atoms with Crippen LogP contribution in [-0.2, 0) is 9.53 Å². The fourth-order valence-electron chi connectivity index (χ4n) is 3.02. The van der Waals surface area contributed by atoms with Gasteiger partial charge in [-0.25, -0.2) is 9.97 Å². The zero-order valence-corrected chi connectivity index (χ0v) is 16.0. The Balaban J connectivity index is 1.62. The summed E-state index contributed by atoms with van der Waals surface area (Å²) in [7, 11) is 0. The van der Waals surface area contributed by atoms with Gasteiger partial charge in [0.25, 0.3) is 0 Å². The van der Waals surface area contributed by atoms with E-state index in [1.165, 1.54) is 17.3 Å². The Hall–Kier alpha value is -2.44. The Morgan fingerprint density at radius 2 is 1.81 bits per heavy atom. The first-order valence-electron chi connectivity index (χ1n) is 9.03. The number of nitrogens with zero attached hydrogens (tertiary/aromatic N) is 3. The molecule has 6 heteroatoms. The zero-order chi connectivity index (χ0) is 18.6. The molecule has 5 nitrogen and oxygen atoms in total. The Kier molecular flexibility index (Phi) is 5.36. The van der Waals surface area contributed by atoms with Gasteiger partial charge in [-0.1, -0.05) is 59.8 Å². The van der Waals surface area contributed by atoms with Crippen LogP contribution in [0.4, 0.5) is 0 Å². The first-order chi connectivity index (χ1) is 13.2. The summed E-state index contributed by atoms with van der Waals surface area (Å²) >= 11 is 1.48. The molecular weight excluding hydrogens is 358 g/mol. The Morgan fingerprint density at radius 1 is 1.07 bits per heavy atom. The van der Waals surface area contributed by atoms with Gasteiger partial charge in [-0.3, -0.25) is 4.79 Å². The van der Waals surface area contributed by atoms with Crippen molar-refractivity contribution in [2.24, 2.45) is 0 Å². The number of hydrogen-bond donors (Lipinski definition) is 0. The lowest BCUT2D eigenvalue weighted by Gasteiger charge is -2.26. The molecule has 0 saturated carbocycles. The summed E-state index contributed by atoms with van der Waals surface area (Å²) in [4.78, 5) is 23.9. The topological polar surface area (TPSA) is 55.3 Å². The van der Waals surface area contributed by atoms with E-state index in [-0.39, 0.29) is 5.91 Å². The number of benzene rings is 2. The first kappa shape index (κ1) is 17.9. The minimum atomic E-state index is 0.128. The van der Waals surface area contributed by atoms with Gasteiger partial charge in [-0.15, -0.1) is 0 Å². The number of carbonyl (C=O) groups is 1. The van der Waals surface area contributed by atoms with Gasteiger partial charge in [-0.05, 0) is 13.0 Å². The minimum absolute atomic E-state index is 0.128. The van der Waals surface area contributed by atoms with Crippen molar-refractivity contribution in [3.8, 4) is 11.4 Å². The molecule has 0 spiro atoms.